The van der Waals surface area contributed by atoms with Crippen molar-refractivity contribution in [2.45, 2.75) is 39.2 Å². The summed E-state index contributed by atoms with van der Waals surface area (Å²) in [6.07, 6.45) is 2.76. The molecule has 106 valence electrons. The maximum Gasteiger partial charge on any atom is 0.409 e. The Morgan fingerprint density at radius 1 is 1.39 bits per heavy atom. The van der Waals surface area contributed by atoms with Crippen molar-refractivity contribution < 1.29 is 14.3 Å². The van der Waals surface area contributed by atoms with Crippen molar-refractivity contribution in [3.8, 4) is 0 Å². The van der Waals surface area contributed by atoms with Gasteiger partial charge in [-0.2, -0.15) is 0 Å². The van der Waals surface area contributed by atoms with Gasteiger partial charge in [-0.25, -0.2) is 4.79 Å². The van der Waals surface area contributed by atoms with E-state index < -0.39 is 0 Å². The fourth-order valence-electron chi connectivity index (χ4n) is 1.87. The van der Waals surface area contributed by atoms with Gasteiger partial charge in [-0.3, -0.25) is 0 Å². The molecule has 0 atom stereocenters. The second-order valence-corrected chi connectivity index (χ2v) is 5.17. The molecule has 0 saturated carbocycles. The maximum absolute atomic E-state index is 11.7. The monoisotopic (exact) mass is 258 g/mol. The third kappa shape index (κ3) is 5.69. The van der Waals surface area contributed by atoms with Crippen molar-refractivity contribution in [1.29, 1.82) is 0 Å². The number of amides is 1. The lowest BCUT2D eigenvalue weighted by atomic mass is 10.1. The molecule has 18 heavy (non-hydrogen) atoms. The average molecular weight is 258 g/mol. The van der Waals surface area contributed by atoms with E-state index in [1.54, 1.807) is 4.90 Å². The molecule has 0 unspecified atom stereocenters. The third-order valence-corrected chi connectivity index (χ3v) is 2.94. The number of ether oxygens (including phenoxy) is 2. The number of piperidine rings is 1. The smallest absolute Gasteiger partial charge is 0.409 e. The molecule has 0 spiro atoms. The topological polar surface area (TPSA) is 64.8 Å². The van der Waals surface area contributed by atoms with Crippen molar-refractivity contribution in [3.63, 3.8) is 0 Å². The van der Waals surface area contributed by atoms with Crippen LogP contribution in [0.1, 0.15) is 33.1 Å². The fourth-order valence-corrected chi connectivity index (χ4v) is 1.87. The van der Waals surface area contributed by atoms with Crippen molar-refractivity contribution in [2.75, 3.05) is 32.8 Å². The van der Waals surface area contributed by atoms with E-state index in [0.29, 0.717) is 19.1 Å². The molecular weight excluding hydrogens is 232 g/mol. The van der Waals surface area contributed by atoms with Gasteiger partial charge in [-0.05, 0) is 31.7 Å². The van der Waals surface area contributed by atoms with E-state index in [2.05, 4.69) is 0 Å². The maximum atomic E-state index is 11.7. The van der Waals surface area contributed by atoms with Crippen molar-refractivity contribution >= 4 is 6.09 Å². The third-order valence-electron chi connectivity index (χ3n) is 2.94. The first kappa shape index (κ1) is 15.2. The van der Waals surface area contributed by atoms with E-state index in [1.165, 1.54) is 0 Å². The number of likely N-dealkylation sites (tertiary alicyclic amines) is 1. The zero-order valence-electron chi connectivity index (χ0n) is 11.6. The Kier molecular flexibility index (Phi) is 7.05. The highest BCUT2D eigenvalue weighted by molar-refractivity contribution is 5.67. The van der Waals surface area contributed by atoms with E-state index in [9.17, 15) is 4.79 Å². The summed E-state index contributed by atoms with van der Waals surface area (Å²) in [5, 5.41) is 0. The van der Waals surface area contributed by atoms with Crippen molar-refractivity contribution in [1.82, 2.24) is 4.90 Å². The van der Waals surface area contributed by atoms with Gasteiger partial charge in [0, 0.05) is 19.7 Å². The molecule has 0 radical (unpaired) electrons. The number of hydrogen-bond acceptors (Lipinski definition) is 4. The number of carbonyl (C=O) groups is 1. The predicted octanol–water partition coefficient (Wildman–Crippen LogP) is 1.61. The van der Waals surface area contributed by atoms with Gasteiger partial charge in [-0.1, -0.05) is 13.8 Å². The van der Waals surface area contributed by atoms with Crippen LogP contribution >= 0.6 is 0 Å². The average Bonchev–Trinajstić information content (AvgIpc) is 2.37. The van der Waals surface area contributed by atoms with E-state index in [-0.39, 0.29) is 12.2 Å². The molecule has 1 aliphatic heterocycles. The second kappa shape index (κ2) is 8.32. The number of nitrogens with two attached hydrogens (primary N) is 1. The van der Waals surface area contributed by atoms with E-state index >= 15 is 0 Å². The number of carbonyl (C=O) groups excluding carboxylic acids is 1. The quantitative estimate of drug-likeness (QED) is 0.735. The Balaban J connectivity index is 2.16. The van der Waals surface area contributed by atoms with Crippen LogP contribution in [-0.4, -0.2) is 49.9 Å². The van der Waals surface area contributed by atoms with Crippen LogP contribution in [0, 0.1) is 5.92 Å². The Morgan fingerprint density at radius 2 is 2.06 bits per heavy atom. The Labute approximate surface area is 110 Å². The molecule has 0 aliphatic carbocycles. The molecule has 1 saturated heterocycles. The summed E-state index contributed by atoms with van der Waals surface area (Å²) in [6, 6.07) is 0. The summed E-state index contributed by atoms with van der Waals surface area (Å²) in [5.41, 5.74) is 5.41. The van der Waals surface area contributed by atoms with Gasteiger partial charge in [0.2, 0.25) is 0 Å². The fraction of sp³-hybridized carbons (Fsp3) is 0.923. The molecule has 0 bridgehead atoms. The summed E-state index contributed by atoms with van der Waals surface area (Å²) < 4.78 is 10.9. The SMILES string of the molecule is CC(C)COC(=O)N1CCC(OCCCN)CC1. The lowest BCUT2D eigenvalue weighted by Gasteiger charge is -2.31. The van der Waals surface area contributed by atoms with Gasteiger partial charge in [0.15, 0.2) is 0 Å². The first-order chi connectivity index (χ1) is 8.63. The minimum Gasteiger partial charge on any atom is -0.449 e. The van der Waals surface area contributed by atoms with E-state index in [0.717, 1.165) is 39.0 Å². The second-order valence-electron chi connectivity index (χ2n) is 5.17. The van der Waals surface area contributed by atoms with Crippen LogP contribution in [0.3, 0.4) is 0 Å². The lowest BCUT2D eigenvalue weighted by molar-refractivity contribution is 0.00447. The van der Waals surface area contributed by atoms with Gasteiger partial charge in [0.25, 0.3) is 0 Å². The highest BCUT2D eigenvalue weighted by Crippen LogP contribution is 2.15. The molecule has 1 heterocycles. The van der Waals surface area contributed by atoms with Crippen molar-refractivity contribution in [2.24, 2.45) is 11.7 Å². The van der Waals surface area contributed by atoms with Gasteiger partial charge in [-0.15, -0.1) is 0 Å². The Morgan fingerprint density at radius 3 is 2.61 bits per heavy atom. The van der Waals surface area contributed by atoms with Crippen LogP contribution in [-0.2, 0) is 9.47 Å². The summed E-state index contributed by atoms with van der Waals surface area (Å²) in [4.78, 5) is 13.5. The molecule has 0 aromatic rings. The molecule has 1 fully saturated rings. The first-order valence-corrected chi connectivity index (χ1v) is 6.87. The van der Waals surface area contributed by atoms with E-state index in [1.807, 2.05) is 13.8 Å². The van der Waals surface area contributed by atoms with Crippen LogP contribution in [0.25, 0.3) is 0 Å². The summed E-state index contributed by atoms with van der Waals surface area (Å²) in [7, 11) is 0. The zero-order valence-corrected chi connectivity index (χ0v) is 11.6. The molecule has 5 heteroatoms. The summed E-state index contributed by atoms with van der Waals surface area (Å²) in [6.45, 7) is 7.40. The molecule has 1 aliphatic rings. The van der Waals surface area contributed by atoms with Crippen LogP contribution in [0.5, 0.6) is 0 Å². The molecule has 0 aromatic carbocycles. The highest BCUT2D eigenvalue weighted by Gasteiger charge is 2.24. The molecule has 0 aromatic heterocycles. The largest absolute Gasteiger partial charge is 0.449 e. The first-order valence-electron chi connectivity index (χ1n) is 6.87. The predicted molar refractivity (Wildman–Crippen MR) is 70.4 cm³/mol. The minimum absolute atomic E-state index is 0.191. The van der Waals surface area contributed by atoms with Crippen LogP contribution in [0.2, 0.25) is 0 Å². The number of hydrogen-bond donors (Lipinski definition) is 1. The van der Waals surface area contributed by atoms with Gasteiger partial charge < -0.3 is 20.1 Å². The van der Waals surface area contributed by atoms with Gasteiger partial charge >= 0.3 is 6.09 Å². The van der Waals surface area contributed by atoms with Crippen molar-refractivity contribution in [3.05, 3.63) is 0 Å². The minimum atomic E-state index is -0.191. The van der Waals surface area contributed by atoms with E-state index in [4.69, 9.17) is 15.2 Å². The molecule has 2 N–H and O–H groups in total. The molecule has 5 nitrogen and oxygen atoms in total. The van der Waals surface area contributed by atoms with Gasteiger partial charge in [0.05, 0.1) is 12.7 Å². The Hall–Kier alpha value is -0.810. The number of nitrogens with zero attached hydrogens (tertiary/aromatic N) is 1. The number of rotatable bonds is 6. The van der Waals surface area contributed by atoms with Crippen LogP contribution < -0.4 is 5.73 Å². The van der Waals surface area contributed by atoms with Crippen LogP contribution in [0.4, 0.5) is 4.79 Å². The molecule has 1 amide bonds. The highest BCUT2D eigenvalue weighted by atomic mass is 16.6. The summed E-state index contributed by atoms with van der Waals surface area (Å²) in [5.74, 6) is 0.381. The van der Waals surface area contributed by atoms with Gasteiger partial charge in [0.1, 0.15) is 0 Å². The standard InChI is InChI=1S/C13H26N2O3/c1-11(2)10-18-13(16)15-7-4-12(5-8-15)17-9-3-6-14/h11-12H,3-10,14H2,1-2H3. The normalized spacial score (nSPS) is 17.2. The zero-order chi connectivity index (χ0) is 13.4. The molecule has 1 rings (SSSR count). The lowest BCUT2D eigenvalue weighted by Crippen LogP contribution is -2.41. The Bertz CT molecular complexity index is 238. The molecular formula is C13H26N2O3. The summed E-state index contributed by atoms with van der Waals surface area (Å²) >= 11 is 0. The van der Waals surface area contributed by atoms with Crippen LogP contribution in [0.15, 0.2) is 0 Å².